The second-order valence-corrected chi connectivity index (χ2v) is 9.82. The van der Waals surface area contributed by atoms with Crippen LogP contribution in [0, 0.1) is 18.6 Å². The standard InChI is InChI=1S/C22H21F2N3O3S.C3H8/c1-12-18(20(28)25-11-14-4-7-15(23)10-17(14)24)27-19(26-12)13-5-8-16(9-6-13)31-22(2,3)21(29)30;1-3-2/h4-10H,11H2,1-3H3,(H,25,28)(H,26,27)(H,29,30);3H2,1-2H3. The Morgan fingerprint density at radius 3 is 2.29 bits per heavy atom. The van der Waals surface area contributed by atoms with Crippen LogP contribution in [0.4, 0.5) is 8.78 Å². The molecule has 3 N–H and O–H groups in total. The van der Waals surface area contributed by atoms with Gasteiger partial charge in [-0.1, -0.05) is 38.5 Å². The van der Waals surface area contributed by atoms with Crippen molar-refractivity contribution in [1.29, 1.82) is 0 Å². The molecule has 1 amide bonds. The predicted molar refractivity (Wildman–Crippen MR) is 130 cm³/mol. The number of aliphatic carboxylic acids is 1. The maximum atomic E-state index is 13.7. The first-order valence-corrected chi connectivity index (χ1v) is 11.6. The first-order chi connectivity index (χ1) is 16.0. The van der Waals surface area contributed by atoms with Crippen LogP contribution >= 0.6 is 11.8 Å². The zero-order valence-electron chi connectivity index (χ0n) is 19.8. The first kappa shape index (κ1) is 27.0. The number of carbonyl (C=O) groups excluding carboxylic acids is 1. The number of benzene rings is 2. The molecule has 3 rings (SSSR count). The summed E-state index contributed by atoms with van der Waals surface area (Å²) in [6, 6.07) is 10.3. The maximum absolute atomic E-state index is 13.7. The molecule has 0 radical (unpaired) electrons. The van der Waals surface area contributed by atoms with E-state index in [1.165, 1.54) is 24.2 Å². The fourth-order valence-corrected chi connectivity index (χ4v) is 3.71. The van der Waals surface area contributed by atoms with Crippen LogP contribution in [0.25, 0.3) is 11.4 Å². The molecule has 9 heteroatoms. The lowest BCUT2D eigenvalue weighted by Gasteiger charge is -2.18. The van der Waals surface area contributed by atoms with Gasteiger partial charge in [-0.15, -0.1) is 11.8 Å². The highest BCUT2D eigenvalue weighted by molar-refractivity contribution is 8.01. The molecule has 0 aliphatic carbocycles. The molecule has 0 aliphatic heterocycles. The number of amides is 1. The van der Waals surface area contributed by atoms with Crippen molar-refractivity contribution in [3.8, 4) is 11.4 Å². The lowest BCUT2D eigenvalue weighted by Crippen LogP contribution is -2.26. The third-order valence-electron chi connectivity index (χ3n) is 4.57. The smallest absolute Gasteiger partial charge is 0.319 e. The van der Waals surface area contributed by atoms with E-state index in [1.54, 1.807) is 45.0 Å². The Kier molecular flexibility index (Phi) is 9.37. The number of carboxylic acid groups (broad SMARTS) is 1. The molecular weight excluding hydrogens is 460 g/mol. The molecule has 0 unspecified atom stereocenters. The van der Waals surface area contributed by atoms with Gasteiger partial charge in [0.25, 0.3) is 5.91 Å². The van der Waals surface area contributed by atoms with Crippen LogP contribution in [-0.2, 0) is 11.3 Å². The van der Waals surface area contributed by atoms with E-state index < -0.39 is 28.3 Å². The molecule has 1 aromatic heterocycles. The Morgan fingerprint density at radius 2 is 1.74 bits per heavy atom. The van der Waals surface area contributed by atoms with Gasteiger partial charge in [0.1, 0.15) is 27.9 Å². The molecular formula is C25H29F2N3O3S. The molecule has 0 spiro atoms. The maximum Gasteiger partial charge on any atom is 0.319 e. The summed E-state index contributed by atoms with van der Waals surface area (Å²) in [7, 11) is 0. The highest BCUT2D eigenvalue weighted by Crippen LogP contribution is 2.33. The molecule has 6 nitrogen and oxygen atoms in total. The first-order valence-electron chi connectivity index (χ1n) is 10.8. The highest BCUT2D eigenvalue weighted by atomic mass is 32.2. The Balaban J connectivity index is 0.00000129. The van der Waals surface area contributed by atoms with Gasteiger partial charge in [0, 0.05) is 34.3 Å². The van der Waals surface area contributed by atoms with Crippen molar-refractivity contribution in [2.24, 2.45) is 0 Å². The van der Waals surface area contributed by atoms with Crippen LogP contribution < -0.4 is 5.32 Å². The monoisotopic (exact) mass is 489 g/mol. The van der Waals surface area contributed by atoms with Crippen LogP contribution in [0.3, 0.4) is 0 Å². The number of aromatic amines is 1. The van der Waals surface area contributed by atoms with Gasteiger partial charge in [-0.05, 0) is 39.0 Å². The summed E-state index contributed by atoms with van der Waals surface area (Å²) in [5.41, 5.74) is 1.60. The Hall–Kier alpha value is -3.20. The van der Waals surface area contributed by atoms with E-state index in [0.717, 1.165) is 22.6 Å². The van der Waals surface area contributed by atoms with Crippen molar-refractivity contribution in [1.82, 2.24) is 15.3 Å². The van der Waals surface area contributed by atoms with E-state index in [4.69, 9.17) is 0 Å². The number of H-pyrrole nitrogens is 1. The molecule has 0 saturated heterocycles. The average Bonchev–Trinajstić information content (AvgIpc) is 3.15. The number of aryl methyl sites for hydroxylation is 1. The number of nitrogens with one attached hydrogen (secondary N) is 2. The molecule has 0 bridgehead atoms. The molecule has 0 saturated carbocycles. The fraction of sp³-hybridized carbons (Fsp3) is 0.320. The van der Waals surface area contributed by atoms with E-state index in [0.29, 0.717) is 11.5 Å². The Bertz CT molecular complexity index is 1140. The number of imidazole rings is 1. The normalized spacial score (nSPS) is 10.9. The van der Waals surface area contributed by atoms with E-state index in [-0.39, 0.29) is 17.8 Å². The largest absolute Gasteiger partial charge is 0.480 e. The summed E-state index contributed by atoms with van der Waals surface area (Å²) >= 11 is 1.23. The van der Waals surface area contributed by atoms with E-state index >= 15 is 0 Å². The number of carbonyl (C=O) groups is 2. The number of thioether (sulfide) groups is 1. The molecule has 3 aromatic rings. The van der Waals surface area contributed by atoms with Crippen molar-refractivity contribution >= 4 is 23.6 Å². The minimum atomic E-state index is -0.960. The number of hydrogen-bond donors (Lipinski definition) is 3. The predicted octanol–water partition coefficient (Wildman–Crippen LogP) is 5.96. The third-order valence-corrected chi connectivity index (χ3v) is 5.76. The van der Waals surface area contributed by atoms with E-state index in [9.17, 15) is 23.5 Å². The lowest BCUT2D eigenvalue weighted by molar-refractivity contribution is -0.138. The van der Waals surface area contributed by atoms with Gasteiger partial charge < -0.3 is 15.4 Å². The Labute approximate surface area is 202 Å². The van der Waals surface area contributed by atoms with Crippen molar-refractivity contribution in [3.63, 3.8) is 0 Å². The van der Waals surface area contributed by atoms with Crippen LogP contribution in [0.5, 0.6) is 0 Å². The summed E-state index contributed by atoms with van der Waals surface area (Å²) in [4.78, 5) is 31.9. The van der Waals surface area contributed by atoms with Crippen LogP contribution in [-0.4, -0.2) is 31.7 Å². The molecule has 0 atom stereocenters. The topological polar surface area (TPSA) is 95.1 Å². The summed E-state index contributed by atoms with van der Waals surface area (Å²) in [6.07, 6.45) is 1.25. The van der Waals surface area contributed by atoms with Gasteiger partial charge >= 0.3 is 5.97 Å². The summed E-state index contributed by atoms with van der Waals surface area (Å²) in [6.45, 7) is 9.11. The minimum Gasteiger partial charge on any atom is -0.480 e. The number of hydrogen-bond acceptors (Lipinski definition) is 4. The van der Waals surface area contributed by atoms with Crippen LogP contribution in [0.2, 0.25) is 0 Å². The fourth-order valence-electron chi connectivity index (χ4n) is 2.76. The zero-order valence-corrected chi connectivity index (χ0v) is 20.6. The van der Waals surface area contributed by atoms with Crippen molar-refractivity contribution in [2.45, 2.75) is 57.2 Å². The second-order valence-electron chi connectivity index (χ2n) is 8.13. The number of carboxylic acids is 1. The number of nitrogens with zero attached hydrogens (tertiary/aromatic N) is 1. The van der Waals surface area contributed by atoms with E-state index in [2.05, 4.69) is 29.1 Å². The quantitative estimate of drug-likeness (QED) is 0.356. The minimum absolute atomic E-state index is 0.0993. The molecule has 0 fully saturated rings. The third kappa shape index (κ3) is 7.15. The summed E-state index contributed by atoms with van der Waals surface area (Å²) < 4.78 is 25.8. The van der Waals surface area contributed by atoms with Crippen molar-refractivity contribution in [3.05, 3.63) is 71.1 Å². The van der Waals surface area contributed by atoms with E-state index in [1.807, 2.05) is 0 Å². The van der Waals surface area contributed by atoms with Crippen molar-refractivity contribution in [2.75, 3.05) is 0 Å². The number of halogens is 2. The van der Waals surface area contributed by atoms with Crippen LogP contribution in [0.1, 0.15) is 55.9 Å². The van der Waals surface area contributed by atoms with Gasteiger partial charge in [-0.2, -0.15) is 0 Å². The van der Waals surface area contributed by atoms with Gasteiger partial charge in [-0.3, -0.25) is 9.59 Å². The SMILES string of the molecule is CCC.Cc1[nH]c(-c2ccc(SC(C)(C)C(=O)O)cc2)nc1C(=O)NCc1ccc(F)cc1F. The number of aromatic nitrogens is 2. The lowest BCUT2D eigenvalue weighted by atomic mass is 10.2. The van der Waals surface area contributed by atoms with Crippen LogP contribution in [0.15, 0.2) is 47.4 Å². The molecule has 182 valence electrons. The molecule has 1 heterocycles. The van der Waals surface area contributed by atoms with Crippen molar-refractivity contribution < 1.29 is 23.5 Å². The zero-order chi connectivity index (χ0) is 25.5. The second kappa shape index (κ2) is 11.8. The highest BCUT2D eigenvalue weighted by Gasteiger charge is 2.28. The summed E-state index contributed by atoms with van der Waals surface area (Å²) in [5, 5.41) is 11.8. The molecule has 0 aliphatic rings. The van der Waals surface area contributed by atoms with Gasteiger partial charge in [0.2, 0.25) is 0 Å². The Morgan fingerprint density at radius 1 is 1.12 bits per heavy atom. The average molecular weight is 490 g/mol. The molecule has 34 heavy (non-hydrogen) atoms. The summed E-state index contributed by atoms with van der Waals surface area (Å²) in [5.74, 6) is -2.33. The number of rotatable bonds is 7. The van der Waals surface area contributed by atoms with Gasteiger partial charge in [0.15, 0.2) is 0 Å². The van der Waals surface area contributed by atoms with Gasteiger partial charge in [0.05, 0.1) is 0 Å². The molecule has 2 aromatic carbocycles. The van der Waals surface area contributed by atoms with Gasteiger partial charge in [-0.25, -0.2) is 13.8 Å².